The Labute approximate surface area is 96.8 Å². The van der Waals surface area contributed by atoms with Crippen molar-refractivity contribution in [2.24, 2.45) is 17.6 Å². The van der Waals surface area contributed by atoms with E-state index in [-0.39, 0.29) is 17.6 Å². The average Bonchev–Trinajstić information content (AvgIpc) is 2.28. The minimum atomic E-state index is -3.41. The van der Waals surface area contributed by atoms with Gasteiger partial charge in [-0.2, -0.15) is 0 Å². The van der Waals surface area contributed by atoms with Gasteiger partial charge in [0, 0.05) is 5.92 Å². The second-order valence-corrected chi connectivity index (χ2v) is 6.33. The molecule has 94 valence electrons. The highest BCUT2D eigenvalue weighted by Crippen LogP contribution is 2.28. The van der Waals surface area contributed by atoms with Crippen LogP contribution in [0.5, 0.6) is 0 Å². The lowest BCUT2D eigenvalue weighted by Crippen LogP contribution is -2.38. The first-order valence-electron chi connectivity index (χ1n) is 5.73. The van der Waals surface area contributed by atoms with Gasteiger partial charge in [0.2, 0.25) is 15.9 Å². The molecule has 0 aromatic rings. The van der Waals surface area contributed by atoms with Gasteiger partial charge in [-0.1, -0.05) is 0 Å². The third-order valence-electron chi connectivity index (χ3n) is 3.19. The van der Waals surface area contributed by atoms with Crippen LogP contribution in [0.15, 0.2) is 0 Å². The van der Waals surface area contributed by atoms with Crippen molar-refractivity contribution in [3.05, 3.63) is 0 Å². The van der Waals surface area contributed by atoms with Crippen molar-refractivity contribution in [3.63, 3.8) is 0 Å². The Morgan fingerprint density at radius 2 is 1.88 bits per heavy atom. The van der Waals surface area contributed by atoms with E-state index >= 15 is 0 Å². The number of carbonyl (C=O) groups excluding carboxylic acids is 1. The maximum atomic E-state index is 11.6. The summed E-state index contributed by atoms with van der Waals surface area (Å²) in [7, 11) is -3.41. The fourth-order valence-corrected chi connectivity index (χ4v) is 2.59. The minimum Gasteiger partial charge on any atom is -0.330 e. The molecule has 1 amide bonds. The largest absolute Gasteiger partial charge is 0.330 e. The smallest absolute Gasteiger partial charge is 0.236 e. The molecule has 0 aliphatic heterocycles. The zero-order chi connectivity index (χ0) is 12.2. The molecule has 6 heteroatoms. The third-order valence-corrected chi connectivity index (χ3v) is 4.46. The lowest BCUT2D eigenvalue weighted by Gasteiger charge is -2.26. The molecular weight excluding hydrogens is 228 g/mol. The summed E-state index contributed by atoms with van der Waals surface area (Å²) in [4.78, 5) is 11.6. The summed E-state index contributed by atoms with van der Waals surface area (Å²) >= 11 is 0. The molecule has 16 heavy (non-hydrogen) atoms. The summed E-state index contributed by atoms with van der Waals surface area (Å²) in [5.41, 5.74) is 5.55. The number of rotatable bonds is 4. The van der Waals surface area contributed by atoms with Gasteiger partial charge in [-0.3, -0.25) is 9.52 Å². The summed E-state index contributed by atoms with van der Waals surface area (Å²) in [6, 6.07) is 0. The first-order chi connectivity index (χ1) is 7.48. The molecule has 3 N–H and O–H groups in total. The zero-order valence-corrected chi connectivity index (χ0v) is 10.4. The fourth-order valence-electron chi connectivity index (χ4n) is 1.97. The quantitative estimate of drug-likeness (QED) is 0.744. The number of amides is 1. The molecule has 5 nitrogen and oxygen atoms in total. The first-order valence-corrected chi connectivity index (χ1v) is 7.38. The molecule has 0 heterocycles. The Morgan fingerprint density at radius 3 is 2.31 bits per heavy atom. The standard InChI is InChI=1S/C10H20N2O3S/c1-2-16(14,15)12-10(13)9-5-3-8(7-11)4-6-9/h8-9H,2-7,11H2,1H3,(H,12,13). The number of hydrogen-bond acceptors (Lipinski definition) is 4. The summed E-state index contributed by atoms with van der Waals surface area (Å²) in [6.45, 7) is 2.17. The van der Waals surface area contributed by atoms with Gasteiger partial charge in [-0.05, 0) is 45.1 Å². The lowest BCUT2D eigenvalue weighted by molar-refractivity contribution is -0.124. The highest BCUT2D eigenvalue weighted by molar-refractivity contribution is 7.90. The highest BCUT2D eigenvalue weighted by atomic mass is 32.2. The SMILES string of the molecule is CCS(=O)(=O)NC(=O)C1CCC(CN)CC1. The summed E-state index contributed by atoms with van der Waals surface area (Å²) in [5.74, 6) is -0.0788. The minimum absolute atomic E-state index is 0.0586. The van der Waals surface area contributed by atoms with Crippen LogP contribution in [0.3, 0.4) is 0 Å². The van der Waals surface area contributed by atoms with E-state index in [0.717, 1.165) is 25.7 Å². The van der Waals surface area contributed by atoms with Crippen molar-refractivity contribution in [1.29, 1.82) is 0 Å². The predicted molar refractivity (Wildman–Crippen MR) is 62.1 cm³/mol. The molecule has 0 spiro atoms. The molecular formula is C10H20N2O3S. The molecule has 1 rings (SSSR count). The Kier molecular flexibility index (Phi) is 4.73. The molecule has 1 saturated carbocycles. The molecule has 0 radical (unpaired) electrons. The van der Waals surface area contributed by atoms with E-state index in [9.17, 15) is 13.2 Å². The molecule has 0 atom stereocenters. The van der Waals surface area contributed by atoms with Crippen LogP contribution in [0.1, 0.15) is 32.6 Å². The maximum absolute atomic E-state index is 11.6. The van der Waals surface area contributed by atoms with Crippen molar-refractivity contribution < 1.29 is 13.2 Å². The Bertz CT molecular complexity index is 332. The second-order valence-electron chi connectivity index (χ2n) is 4.32. The van der Waals surface area contributed by atoms with Crippen LogP contribution in [0.25, 0.3) is 0 Å². The molecule has 1 fully saturated rings. The molecule has 0 saturated heterocycles. The third kappa shape index (κ3) is 3.75. The van der Waals surface area contributed by atoms with E-state index in [0.29, 0.717) is 12.5 Å². The van der Waals surface area contributed by atoms with Crippen molar-refractivity contribution in [3.8, 4) is 0 Å². The van der Waals surface area contributed by atoms with Crippen LogP contribution in [-0.2, 0) is 14.8 Å². The van der Waals surface area contributed by atoms with Crippen molar-refractivity contribution in [1.82, 2.24) is 4.72 Å². The molecule has 0 aromatic heterocycles. The van der Waals surface area contributed by atoms with E-state index in [1.807, 2.05) is 0 Å². The number of nitrogens with two attached hydrogens (primary N) is 1. The molecule has 0 bridgehead atoms. The van der Waals surface area contributed by atoms with E-state index in [1.165, 1.54) is 6.92 Å². The molecule has 0 aromatic carbocycles. The fraction of sp³-hybridized carbons (Fsp3) is 0.900. The van der Waals surface area contributed by atoms with Crippen LogP contribution < -0.4 is 10.5 Å². The van der Waals surface area contributed by atoms with Crippen molar-refractivity contribution in [2.45, 2.75) is 32.6 Å². The molecule has 0 unspecified atom stereocenters. The molecule has 1 aliphatic carbocycles. The van der Waals surface area contributed by atoms with Gasteiger partial charge in [0.25, 0.3) is 0 Å². The maximum Gasteiger partial charge on any atom is 0.236 e. The Balaban J connectivity index is 2.45. The van der Waals surface area contributed by atoms with Crippen molar-refractivity contribution in [2.75, 3.05) is 12.3 Å². The van der Waals surface area contributed by atoms with Crippen molar-refractivity contribution >= 4 is 15.9 Å². The number of hydrogen-bond donors (Lipinski definition) is 2. The van der Waals surface area contributed by atoms with Gasteiger partial charge in [-0.25, -0.2) is 8.42 Å². The normalized spacial score (nSPS) is 26.4. The van der Waals surface area contributed by atoms with E-state index in [2.05, 4.69) is 4.72 Å². The highest BCUT2D eigenvalue weighted by Gasteiger charge is 2.27. The predicted octanol–water partition coefficient (Wildman–Crippen LogP) is 0.217. The van der Waals surface area contributed by atoms with E-state index < -0.39 is 10.0 Å². The summed E-state index contributed by atoms with van der Waals surface area (Å²) < 4.78 is 24.6. The van der Waals surface area contributed by atoms with E-state index in [4.69, 9.17) is 5.73 Å². The average molecular weight is 248 g/mol. The first kappa shape index (κ1) is 13.4. The van der Waals surface area contributed by atoms with Gasteiger partial charge in [0.1, 0.15) is 0 Å². The van der Waals surface area contributed by atoms with Gasteiger partial charge in [0.05, 0.1) is 5.75 Å². The van der Waals surface area contributed by atoms with Gasteiger partial charge in [0.15, 0.2) is 0 Å². The van der Waals surface area contributed by atoms with Crippen LogP contribution in [0.2, 0.25) is 0 Å². The number of nitrogens with one attached hydrogen (secondary N) is 1. The summed E-state index contributed by atoms with van der Waals surface area (Å²) in [5, 5.41) is 0. The van der Waals surface area contributed by atoms with Gasteiger partial charge < -0.3 is 5.73 Å². The topological polar surface area (TPSA) is 89.3 Å². The second kappa shape index (κ2) is 5.63. The van der Waals surface area contributed by atoms with Gasteiger partial charge in [-0.15, -0.1) is 0 Å². The van der Waals surface area contributed by atoms with Crippen LogP contribution in [0, 0.1) is 11.8 Å². The summed E-state index contributed by atoms with van der Waals surface area (Å²) in [6.07, 6.45) is 3.32. The number of carbonyl (C=O) groups is 1. The molecule has 1 aliphatic rings. The van der Waals surface area contributed by atoms with E-state index in [1.54, 1.807) is 0 Å². The number of sulfonamides is 1. The Hall–Kier alpha value is -0.620. The monoisotopic (exact) mass is 248 g/mol. The van der Waals surface area contributed by atoms with Gasteiger partial charge >= 0.3 is 0 Å². The zero-order valence-electron chi connectivity index (χ0n) is 9.61. The van der Waals surface area contributed by atoms with Crippen LogP contribution in [-0.4, -0.2) is 26.6 Å². The van der Waals surface area contributed by atoms with Crippen LogP contribution >= 0.6 is 0 Å². The lowest BCUT2D eigenvalue weighted by atomic mass is 9.82. The Morgan fingerprint density at radius 1 is 1.31 bits per heavy atom. The van der Waals surface area contributed by atoms with Crippen LogP contribution in [0.4, 0.5) is 0 Å².